The summed E-state index contributed by atoms with van der Waals surface area (Å²) in [5, 5.41) is 11.2. The first kappa shape index (κ1) is 14.4. The maximum atomic E-state index is 4.02. The van der Waals surface area contributed by atoms with E-state index in [0.29, 0.717) is 0 Å². The van der Waals surface area contributed by atoms with Gasteiger partial charge in [0.15, 0.2) is 0 Å². The van der Waals surface area contributed by atoms with Crippen molar-refractivity contribution in [2.75, 3.05) is 5.32 Å². The van der Waals surface area contributed by atoms with Gasteiger partial charge in [-0.2, -0.15) is 5.10 Å². The van der Waals surface area contributed by atoms with Gasteiger partial charge in [0.1, 0.15) is 0 Å². The average Bonchev–Trinajstić information content (AvgIpc) is 3.28. The monoisotopic (exact) mass is 291 g/mol. The molecule has 4 rings (SSSR count). The summed E-state index contributed by atoms with van der Waals surface area (Å²) in [6.07, 6.45) is 4.42. The standard InChI is InChI=1S/C12H15N.C7H6N2/c1-9-3-7-12(8-4-9)13-10(2)11-5-6-11;1-2-4-7-6(3-1)5-8-9-7/h3-4,7-8,11,13H,2,5-6H2,1H3;1-5H,(H,8,9). The van der Waals surface area contributed by atoms with Crippen LogP contribution in [0.5, 0.6) is 0 Å². The van der Waals surface area contributed by atoms with Crippen molar-refractivity contribution in [1.82, 2.24) is 10.2 Å². The second kappa shape index (κ2) is 6.48. The molecule has 3 heteroatoms. The van der Waals surface area contributed by atoms with Crippen LogP contribution in [0.15, 0.2) is 67.0 Å². The molecule has 112 valence electrons. The van der Waals surface area contributed by atoms with Crippen LogP contribution in [-0.2, 0) is 0 Å². The Kier molecular flexibility index (Phi) is 4.24. The smallest absolute Gasteiger partial charge is 0.0650 e. The number of hydrogen-bond acceptors (Lipinski definition) is 2. The summed E-state index contributed by atoms with van der Waals surface area (Å²) in [6.45, 7) is 6.12. The highest BCUT2D eigenvalue weighted by Crippen LogP contribution is 2.35. The van der Waals surface area contributed by atoms with E-state index < -0.39 is 0 Å². The van der Waals surface area contributed by atoms with Gasteiger partial charge in [-0.15, -0.1) is 0 Å². The van der Waals surface area contributed by atoms with Gasteiger partial charge in [-0.1, -0.05) is 42.5 Å². The highest BCUT2D eigenvalue weighted by atomic mass is 15.1. The Bertz CT molecular complexity index is 721. The SMILES string of the molecule is C=C(Nc1ccc(C)cc1)C1CC1.c1ccc2[nH]ncc2c1. The number of aryl methyl sites for hydroxylation is 1. The Labute approximate surface area is 131 Å². The van der Waals surface area contributed by atoms with E-state index in [-0.39, 0.29) is 0 Å². The van der Waals surface area contributed by atoms with Crippen molar-refractivity contribution in [2.24, 2.45) is 5.92 Å². The number of allylic oxidation sites excluding steroid dienone is 1. The van der Waals surface area contributed by atoms with Gasteiger partial charge < -0.3 is 5.32 Å². The van der Waals surface area contributed by atoms with Crippen LogP contribution in [0.25, 0.3) is 10.9 Å². The maximum Gasteiger partial charge on any atom is 0.0650 e. The fourth-order valence-corrected chi connectivity index (χ4v) is 2.24. The lowest BCUT2D eigenvalue weighted by molar-refractivity contribution is 1.02. The molecule has 0 aliphatic heterocycles. The molecule has 0 amide bonds. The summed E-state index contributed by atoms with van der Waals surface area (Å²) in [6, 6.07) is 16.4. The highest BCUT2D eigenvalue weighted by Gasteiger charge is 2.24. The Morgan fingerprint density at radius 2 is 1.86 bits per heavy atom. The predicted octanol–water partition coefficient (Wildman–Crippen LogP) is 4.89. The van der Waals surface area contributed by atoms with Crippen molar-refractivity contribution in [3.8, 4) is 0 Å². The van der Waals surface area contributed by atoms with E-state index in [0.717, 1.165) is 22.5 Å². The quantitative estimate of drug-likeness (QED) is 0.721. The van der Waals surface area contributed by atoms with E-state index in [1.807, 2.05) is 30.5 Å². The molecule has 1 aliphatic rings. The van der Waals surface area contributed by atoms with Gasteiger partial charge in [-0.25, -0.2) is 0 Å². The van der Waals surface area contributed by atoms with Crippen LogP contribution in [0.3, 0.4) is 0 Å². The molecule has 1 aromatic heterocycles. The number of nitrogens with one attached hydrogen (secondary N) is 2. The van der Waals surface area contributed by atoms with Crippen molar-refractivity contribution in [3.05, 3.63) is 72.6 Å². The molecule has 0 atom stereocenters. The average molecular weight is 291 g/mol. The fourth-order valence-electron chi connectivity index (χ4n) is 2.24. The number of para-hydroxylation sites is 1. The largest absolute Gasteiger partial charge is 0.359 e. The van der Waals surface area contributed by atoms with Crippen molar-refractivity contribution in [2.45, 2.75) is 19.8 Å². The summed E-state index contributed by atoms with van der Waals surface area (Å²) >= 11 is 0. The molecule has 2 N–H and O–H groups in total. The number of benzene rings is 2. The third-order valence-electron chi connectivity index (χ3n) is 3.78. The number of aromatic nitrogens is 2. The normalized spacial score (nSPS) is 13.3. The Balaban J connectivity index is 0.000000139. The molecule has 0 saturated heterocycles. The summed E-state index contributed by atoms with van der Waals surface area (Å²) < 4.78 is 0. The summed E-state index contributed by atoms with van der Waals surface area (Å²) in [7, 11) is 0. The number of aromatic amines is 1. The van der Waals surface area contributed by atoms with Crippen LogP contribution in [-0.4, -0.2) is 10.2 Å². The van der Waals surface area contributed by atoms with Gasteiger partial charge in [-0.05, 0) is 43.9 Å². The molecule has 1 heterocycles. The maximum absolute atomic E-state index is 4.02. The molecule has 0 unspecified atom stereocenters. The molecule has 0 bridgehead atoms. The number of H-pyrrole nitrogens is 1. The van der Waals surface area contributed by atoms with Gasteiger partial charge >= 0.3 is 0 Å². The van der Waals surface area contributed by atoms with E-state index in [4.69, 9.17) is 0 Å². The number of anilines is 1. The molecule has 3 nitrogen and oxygen atoms in total. The van der Waals surface area contributed by atoms with E-state index in [1.165, 1.54) is 24.1 Å². The third-order valence-corrected chi connectivity index (χ3v) is 3.78. The van der Waals surface area contributed by atoms with Crippen LogP contribution in [0.1, 0.15) is 18.4 Å². The second-order valence-corrected chi connectivity index (χ2v) is 5.75. The minimum Gasteiger partial charge on any atom is -0.359 e. The van der Waals surface area contributed by atoms with Gasteiger partial charge in [0.2, 0.25) is 0 Å². The molecule has 3 aromatic rings. The molecule has 0 spiro atoms. The summed E-state index contributed by atoms with van der Waals surface area (Å²) in [5.74, 6) is 0.723. The Morgan fingerprint density at radius 3 is 2.55 bits per heavy atom. The zero-order valence-corrected chi connectivity index (χ0v) is 12.8. The van der Waals surface area contributed by atoms with Crippen LogP contribution in [0.4, 0.5) is 5.69 Å². The first-order valence-corrected chi connectivity index (χ1v) is 7.63. The van der Waals surface area contributed by atoms with Crippen molar-refractivity contribution >= 4 is 16.6 Å². The summed E-state index contributed by atoms with van der Waals surface area (Å²) in [4.78, 5) is 0. The van der Waals surface area contributed by atoms with Gasteiger partial charge in [0.25, 0.3) is 0 Å². The minimum atomic E-state index is 0.723. The Hall–Kier alpha value is -2.55. The fraction of sp³-hybridized carbons (Fsp3) is 0.211. The van der Waals surface area contributed by atoms with Gasteiger partial charge in [0, 0.05) is 16.8 Å². The summed E-state index contributed by atoms with van der Waals surface area (Å²) in [5.41, 5.74) is 4.71. The number of rotatable bonds is 3. The zero-order valence-electron chi connectivity index (χ0n) is 12.8. The molecular formula is C19H21N3. The van der Waals surface area contributed by atoms with Crippen LogP contribution in [0.2, 0.25) is 0 Å². The predicted molar refractivity (Wildman–Crippen MR) is 92.8 cm³/mol. The highest BCUT2D eigenvalue weighted by molar-refractivity contribution is 5.77. The molecular weight excluding hydrogens is 270 g/mol. The van der Waals surface area contributed by atoms with E-state index in [9.17, 15) is 0 Å². The molecule has 0 radical (unpaired) electrons. The minimum absolute atomic E-state index is 0.723. The van der Waals surface area contributed by atoms with Crippen LogP contribution in [0, 0.1) is 12.8 Å². The first-order valence-electron chi connectivity index (χ1n) is 7.63. The third kappa shape index (κ3) is 3.76. The first-order chi connectivity index (χ1) is 10.7. The van der Waals surface area contributed by atoms with E-state index in [1.54, 1.807) is 0 Å². The lowest BCUT2D eigenvalue weighted by atomic mass is 10.2. The number of hydrogen-bond donors (Lipinski definition) is 2. The topological polar surface area (TPSA) is 40.7 Å². The van der Waals surface area contributed by atoms with Crippen molar-refractivity contribution < 1.29 is 0 Å². The van der Waals surface area contributed by atoms with E-state index in [2.05, 4.69) is 53.3 Å². The lowest BCUT2D eigenvalue weighted by Crippen LogP contribution is -1.99. The lowest BCUT2D eigenvalue weighted by Gasteiger charge is -2.08. The zero-order chi connectivity index (χ0) is 15.4. The van der Waals surface area contributed by atoms with Gasteiger partial charge in [-0.3, -0.25) is 5.10 Å². The van der Waals surface area contributed by atoms with Crippen LogP contribution < -0.4 is 5.32 Å². The Morgan fingerprint density at radius 1 is 1.14 bits per heavy atom. The number of fused-ring (bicyclic) bond motifs is 1. The van der Waals surface area contributed by atoms with Crippen molar-refractivity contribution in [1.29, 1.82) is 0 Å². The number of nitrogens with zero attached hydrogens (tertiary/aromatic N) is 1. The van der Waals surface area contributed by atoms with Gasteiger partial charge in [0.05, 0.1) is 11.7 Å². The molecule has 1 aliphatic carbocycles. The van der Waals surface area contributed by atoms with Crippen molar-refractivity contribution in [3.63, 3.8) is 0 Å². The molecule has 22 heavy (non-hydrogen) atoms. The molecule has 1 fully saturated rings. The molecule has 1 saturated carbocycles. The molecule has 2 aromatic carbocycles. The van der Waals surface area contributed by atoms with Crippen LogP contribution >= 0.6 is 0 Å². The van der Waals surface area contributed by atoms with E-state index >= 15 is 0 Å². The second-order valence-electron chi connectivity index (χ2n) is 5.75.